The molecule has 0 unspecified atom stereocenters. The van der Waals surface area contributed by atoms with Crippen molar-refractivity contribution in [2.45, 2.75) is 5.41 Å². The molecule has 3 nitrogen and oxygen atoms in total. The molecule has 3 heteroatoms. The van der Waals surface area contributed by atoms with E-state index in [0.717, 1.165) is 39.8 Å². The molecule has 58 heavy (non-hydrogen) atoms. The Kier molecular flexibility index (Phi) is 7.14. The number of aromatic nitrogens is 1. The smallest absolute Gasteiger partial charge is 0.134 e. The average molecular weight is 741 g/mol. The maximum Gasteiger partial charge on any atom is 0.134 e. The molecule has 0 radical (unpaired) electrons. The highest BCUT2D eigenvalue weighted by molar-refractivity contribution is 6.10. The SMILES string of the molecule is c1ccc(N(c2ccc(-c3ccc4c(c3)c3ccccc3n4-c3ccccc3)cc2)c2ccc3c(c2)Oc2ccccc2C32c3ccccc3-c3ccccc32)cc1. The molecule has 12 rings (SSSR count). The van der Waals surface area contributed by atoms with E-state index in [-0.39, 0.29) is 0 Å². The monoisotopic (exact) mass is 740 g/mol. The second kappa shape index (κ2) is 12.7. The topological polar surface area (TPSA) is 17.4 Å². The van der Waals surface area contributed by atoms with Crippen LogP contribution in [0.2, 0.25) is 0 Å². The maximum absolute atomic E-state index is 6.90. The first-order valence-electron chi connectivity index (χ1n) is 19.9. The van der Waals surface area contributed by atoms with Gasteiger partial charge in [0.05, 0.1) is 16.4 Å². The predicted octanol–water partition coefficient (Wildman–Crippen LogP) is 14.4. The molecular weight excluding hydrogens is 705 g/mol. The first-order valence-corrected chi connectivity index (χ1v) is 19.9. The zero-order valence-electron chi connectivity index (χ0n) is 31.6. The number of anilines is 3. The predicted molar refractivity (Wildman–Crippen MR) is 238 cm³/mol. The number of nitrogens with zero attached hydrogens (tertiary/aromatic N) is 2. The third-order valence-corrected chi connectivity index (χ3v) is 12.3. The van der Waals surface area contributed by atoms with Gasteiger partial charge in [-0.15, -0.1) is 0 Å². The first-order chi connectivity index (χ1) is 28.8. The van der Waals surface area contributed by atoms with E-state index in [9.17, 15) is 0 Å². The van der Waals surface area contributed by atoms with Crippen LogP contribution in [-0.2, 0) is 5.41 Å². The lowest BCUT2D eigenvalue weighted by molar-refractivity contribution is 0.436. The van der Waals surface area contributed by atoms with Crippen LogP contribution in [0.5, 0.6) is 11.5 Å². The van der Waals surface area contributed by atoms with Crippen LogP contribution in [0, 0.1) is 0 Å². The van der Waals surface area contributed by atoms with Crippen molar-refractivity contribution >= 4 is 38.9 Å². The Morgan fingerprint density at radius 3 is 1.67 bits per heavy atom. The summed E-state index contributed by atoms with van der Waals surface area (Å²) in [4.78, 5) is 2.33. The molecule has 2 heterocycles. The number of fused-ring (bicyclic) bond motifs is 12. The maximum atomic E-state index is 6.90. The van der Waals surface area contributed by atoms with Crippen molar-refractivity contribution in [3.63, 3.8) is 0 Å². The van der Waals surface area contributed by atoms with Crippen LogP contribution < -0.4 is 9.64 Å². The van der Waals surface area contributed by atoms with Crippen LogP contribution in [0.15, 0.2) is 218 Å². The summed E-state index contributed by atoms with van der Waals surface area (Å²) in [6, 6.07) is 78.9. The molecule has 10 aromatic rings. The van der Waals surface area contributed by atoms with Crippen molar-refractivity contribution in [1.82, 2.24) is 4.57 Å². The van der Waals surface area contributed by atoms with Crippen molar-refractivity contribution in [2.24, 2.45) is 0 Å². The van der Waals surface area contributed by atoms with Crippen LogP contribution in [0.1, 0.15) is 22.3 Å². The van der Waals surface area contributed by atoms with Gasteiger partial charge in [0.1, 0.15) is 11.5 Å². The number of rotatable bonds is 5. The number of hydrogen-bond donors (Lipinski definition) is 0. The number of ether oxygens (including phenoxy) is 1. The third kappa shape index (κ3) is 4.68. The van der Waals surface area contributed by atoms with E-state index >= 15 is 0 Å². The summed E-state index contributed by atoms with van der Waals surface area (Å²) in [5.41, 5.74) is 16.1. The Bertz CT molecular complexity index is 3150. The number of para-hydroxylation sites is 4. The molecule has 1 aliphatic carbocycles. The molecule has 0 amide bonds. The van der Waals surface area contributed by atoms with E-state index in [1.165, 1.54) is 60.8 Å². The van der Waals surface area contributed by atoms with E-state index in [2.05, 4.69) is 228 Å². The van der Waals surface area contributed by atoms with Crippen LogP contribution in [-0.4, -0.2) is 4.57 Å². The van der Waals surface area contributed by atoms with Gasteiger partial charge in [-0.25, -0.2) is 0 Å². The fraction of sp³-hybridized carbons (Fsp3) is 0.0182. The minimum atomic E-state index is -0.496. The molecule has 2 aliphatic rings. The summed E-state index contributed by atoms with van der Waals surface area (Å²) in [5, 5.41) is 2.49. The van der Waals surface area contributed by atoms with E-state index in [1.807, 2.05) is 0 Å². The summed E-state index contributed by atoms with van der Waals surface area (Å²) < 4.78 is 9.26. The van der Waals surface area contributed by atoms with E-state index in [4.69, 9.17) is 4.74 Å². The molecule has 1 aliphatic heterocycles. The van der Waals surface area contributed by atoms with Gasteiger partial charge in [-0.05, 0) is 100 Å². The van der Waals surface area contributed by atoms with Gasteiger partial charge in [-0.1, -0.05) is 146 Å². The molecule has 0 saturated heterocycles. The van der Waals surface area contributed by atoms with Gasteiger partial charge in [0.15, 0.2) is 0 Å². The Balaban J connectivity index is 0.980. The van der Waals surface area contributed by atoms with Crippen LogP contribution in [0.4, 0.5) is 17.1 Å². The molecule has 1 aromatic heterocycles. The zero-order chi connectivity index (χ0) is 38.2. The fourth-order valence-electron chi connectivity index (χ4n) is 9.82. The molecule has 0 fully saturated rings. The quantitative estimate of drug-likeness (QED) is 0.175. The second-order valence-corrected chi connectivity index (χ2v) is 15.3. The fourth-order valence-corrected chi connectivity index (χ4v) is 9.82. The largest absolute Gasteiger partial charge is 0.457 e. The lowest BCUT2D eigenvalue weighted by atomic mass is 9.66. The molecule has 9 aromatic carbocycles. The van der Waals surface area contributed by atoms with E-state index < -0.39 is 5.41 Å². The third-order valence-electron chi connectivity index (χ3n) is 12.3. The molecular formula is C55H36N2O. The Morgan fingerprint density at radius 2 is 0.914 bits per heavy atom. The Labute approximate surface area is 337 Å². The lowest BCUT2D eigenvalue weighted by Gasteiger charge is -2.40. The summed E-state index contributed by atoms with van der Waals surface area (Å²) in [7, 11) is 0. The summed E-state index contributed by atoms with van der Waals surface area (Å²) in [6.45, 7) is 0. The van der Waals surface area contributed by atoms with Crippen LogP contribution >= 0.6 is 0 Å². The van der Waals surface area contributed by atoms with Crippen molar-refractivity contribution in [3.8, 4) is 39.4 Å². The summed E-state index contributed by atoms with van der Waals surface area (Å²) in [5.74, 6) is 1.75. The van der Waals surface area contributed by atoms with Gasteiger partial charge in [-0.3, -0.25) is 0 Å². The van der Waals surface area contributed by atoms with E-state index in [0.29, 0.717) is 0 Å². The van der Waals surface area contributed by atoms with Gasteiger partial charge >= 0.3 is 0 Å². The van der Waals surface area contributed by atoms with Crippen molar-refractivity contribution in [2.75, 3.05) is 4.90 Å². The van der Waals surface area contributed by atoms with Gasteiger partial charge in [0, 0.05) is 50.7 Å². The standard InChI is InChI=1S/C55H36N2O/c1-3-15-39(16-4-1)56(41-30-27-37(28-31-41)38-29-34-52-46(35-38)45-21-9-13-25-51(45)57(52)40-17-5-2-6-18-40)42-32-33-50-54(36-42)58-53-26-14-12-24-49(53)55(50)47-22-10-7-19-43(47)44-20-8-11-23-48(44)55/h1-36H. The molecule has 0 saturated carbocycles. The number of benzene rings is 9. The molecule has 0 N–H and O–H groups in total. The van der Waals surface area contributed by atoms with E-state index in [1.54, 1.807) is 0 Å². The Hall–Kier alpha value is -7.62. The van der Waals surface area contributed by atoms with Gasteiger partial charge in [0.2, 0.25) is 0 Å². The highest BCUT2D eigenvalue weighted by Crippen LogP contribution is 2.62. The van der Waals surface area contributed by atoms with Gasteiger partial charge in [-0.2, -0.15) is 0 Å². The highest BCUT2D eigenvalue weighted by Gasteiger charge is 2.51. The molecule has 0 bridgehead atoms. The molecule has 0 atom stereocenters. The van der Waals surface area contributed by atoms with Gasteiger partial charge in [0.25, 0.3) is 0 Å². The minimum absolute atomic E-state index is 0.496. The first kappa shape index (κ1) is 32.6. The molecule has 272 valence electrons. The molecule has 1 spiro atoms. The average Bonchev–Trinajstić information content (AvgIpc) is 3.78. The second-order valence-electron chi connectivity index (χ2n) is 15.3. The number of hydrogen-bond acceptors (Lipinski definition) is 2. The van der Waals surface area contributed by atoms with Gasteiger partial charge < -0.3 is 14.2 Å². The van der Waals surface area contributed by atoms with Crippen molar-refractivity contribution < 1.29 is 4.74 Å². The summed E-state index contributed by atoms with van der Waals surface area (Å²) >= 11 is 0. The zero-order valence-corrected chi connectivity index (χ0v) is 31.6. The Morgan fingerprint density at radius 1 is 0.362 bits per heavy atom. The normalized spacial score (nSPS) is 13.1. The minimum Gasteiger partial charge on any atom is -0.457 e. The van der Waals surface area contributed by atoms with Crippen LogP contribution in [0.25, 0.3) is 49.7 Å². The summed E-state index contributed by atoms with van der Waals surface area (Å²) in [6.07, 6.45) is 0. The van der Waals surface area contributed by atoms with Crippen molar-refractivity contribution in [3.05, 3.63) is 241 Å². The lowest BCUT2D eigenvalue weighted by Crippen LogP contribution is -2.32. The highest BCUT2D eigenvalue weighted by atomic mass is 16.5. The van der Waals surface area contributed by atoms with Crippen LogP contribution in [0.3, 0.4) is 0 Å². The van der Waals surface area contributed by atoms with Crippen molar-refractivity contribution in [1.29, 1.82) is 0 Å².